The lowest BCUT2D eigenvalue weighted by Crippen LogP contribution is -2.05. The molecule has 0 bridgehead atoms. The van der Waals surface area contributed by atoms with E-state index in [1.165, 1.54) is 11.8 Å². The standard InChI is InChI=1S/C18H18N4O3S/c1-12-14(9-19)17(15(10-20)18(22-12)26-8-5-23)16-4-3-13(11-21-16)25-7-6-24-2/h3-4,11,23H,5-8H2,1-2H3. The number of methoxy groups -OCH3 is 1. The van der Waals surface area contributed by atoms with Crippen molar-refractivity contribution in [2.75, 3.05) is 32.7 Å². The van der Waals surface area contributed by atoms with Crippen molar-refractivity contribution >= 4 is 11.8 Å². The third kappa shape index (κ3) is 4.50. The molecule has 0 saturated heterocycles. The molecule has 0 spiro atoms. The fraction of sp³-hybridized carbons (Fsp3) is 0.333. The van der Waals surface area contributed by atoms with Gasteiger partial charge in [0.25, 0.3) is 0 Å². The zero-order valence-electron chi connectivity index (χ0n) is 14.5. The smallest absolute Gasteiger partial charge is 0.137 e. The molecule has 2 rings (SSSR count). The molecule has 0 unspecified atom stereocenters. The molecule has 0 aliphatic heterocycles. The largest absolute Gasteiger partial charge is 0.490 e. The van der Waals surface area contributed by atoms with Crippen LogP contribution in [0, 0.1) is 29.6 Å². The molecule has 2 aromatic heterocycles. The Morgan fingerprint density at radius 2 is 1.96 bits per heavy atom. The van der Waals surface area contributed by atoms with Gasteiger partial charge in [-0.2, -0.15) is 10.5 Å². The van der Waals surface area contributed by atoms with Crippen LogP contribution >= 0.6 is 11.8 Å². The van der Waals surface area contributed by atoms with Crippen LogP contribution < -0.4 is 4.74 Å². The van der Waals surface area contributed by atoms with Crippen molar-refractivity contribution in [2.24, 2.45) is 0 Å². The van der Waals surface area contributed by atoms with E-state index in [-0.39, 0.29) is 12.2 Å². The lowest BCUT2D eigenvalue weighted by Gasteiger charge is -2.13. The van der Waals surface area contributed by atoms with Gasteiger partial charge in [0.2, 0.25) is 0 Å². The van der Waals surface area contributed by atoms with Gasteiger partial charge in [0, 0.05) is 18.4 Å². The first kappa shape index (κ1) is 19.7. The number of hydrogen-bond donors (Lipinski definition) is 1. The van der Waals surface area contributed by atoms with Crippen molar-refractivity contribution in [2.45, 2.75) is 11.9 Å². The number of nitriles is 2. The number of aryl methyl sites for hydroxylation is 1. The summed E-state index contributed by atoms with van der Waals surface area (Å²) in [4.78, 5) is 8.70. The highest BCUT2D eigenvalue weighted by atomic mass is 32.2. The van der Waals surface area contributed by atoms with Gasteiger partial charge in [0.1, 0.15) is 29.5 Å². The maximum Gasteiger partial charge on any atom is 0.137 e. The Morgan fingerprint density at radius 1 is 1.19 bits per heavy atom. The Hall–Kier alpha value is -2.65. The lowest BCUT2D eigenvalue weighted by molar-refractivity contribution is 0.146. The number of hydrogen-bond acceptors (Lipinski definition) is 8. The van der Waals surface area contributed by atoms with Crippen LogP contribution in [0.1, 0.15) is 16.8 Å². The molecular formula is C18H18N4O3S. The van der Waals surface area contributed by atoms with Crippen molar-refractivity contribution in [1.29, 1.82) is 10.5 Å². The Morgan fingerprint density at radius 3 is 2.54 bits per heavy atom. The van der Waals surface area contributed by atoms with Gasteiger partial charge in [-0.1, -0.05) is 0 Å². The number of pyridine rings is 2. The van der Waals surface area contributed by atoms with Gasteiger partial charge in [0.15, 0.2) is 0 Å². The average Bonchev–Trinajstić information content (AvgIpc) is 2.66. The second-order valence-corrected chi connectivity index (χ2v) is 6.23. The first-order valence-corrected chi connectivity index (χ1v) is 8.81. The Labute approximate surface area is 156 Å². The Balaban J connectivity index is 2.48. The van der Waals surface area contributed by atoms with Crippen molar-refractivity contribution < 1.29 is 14.6 Å². The van der Waals surface area contributed by atoms with E-state index < -0.39 is 0 Å². The van der Waals surface area contributed by atoms with Crippen LogP contribution in [0.25, 0.3) is 11.3 Å². The summed E-state index contributed by atoms with van der Waals surface area (Å²) < 4.78 is 10.4. The fourth-order valence-corrected chi connectivity index (χ4v) is 3.05. The third-order valence-corrected chi connectivity index (χ3v) is 4.40. The van der Waals surface area contributed by atoms with Crippen molar-refractivity contribution in [3.8, 4) is 29.1 Å². The van der Waals surface area contributed by atoms with Gasteiger partial charge in [-0.15, -0.1) is 11.8 Å². The molecule has 2 aromatic rings. The molecular weight excluding hydrogens is 352 g/mol. The van der Waals surface area contributed by atoms with Crippen LogP contribution in [0.4, 0.5) is 0 Å². The number of thioether (sulfide) groups is 1. The topological polar surface area (TPSA) is 112 Å². The second kappa shape index (κ2) is 9.73. The predicted molar refractivity (Wildman–Crippen MR) is 96.8 cm³/mol. The monoisotopic (exact) mass is 370 g/mol. The number of ether oxygens (including phenoxy) is 2. The summed E-state index contributed by atoms with van der Waals surface area (Å²) in [6.45, 7) is 2.56. The molecule has 0 fully saturated rings. The first-order chi connectivity index (χ1) is 12.7. The molecule has 8 heteroatoms. The minimum absolute atomic E-state index is 0.0304. The molecule has 0 radical (unpaired) electrons. The number of rotatable bonds is 8. The van der Waals surface area contributed by atoms with E-state index in [0.717, 1.165) is 0 Å². The molecule has 7 nitrogen and oxygen atoms in total. The third-order valence-electron chi connectivity index (χ3n) is 3.45. The van der Waals surface area contributed by atoms with E-state index in [0.29, 0.717) is 52.3 Å². The quantitative estimate of drug-likeness (QED) is 0.556. The fourth-order valence-electron chi connectivity index (χ4n) is 2.28. The molecule has 0 atom stereocenters. The zero-order valence-corrected chi connectivity index (χ0v) is 15.3. The van der Waals surface area contributed by atoms with Crippen LogP contribution in [0.5, 0.6) is 5.75 Å². The van der Waals surface area contributed by atoms with Crippen LogP contribution in [-0.4, -0.2) is 47.8 Å². The summed E-state index contributed by atoms with van der Waals surface area (Å²) >= 11 is 1.27. The average molecular weight is 370 g/mol. The number of aromatic nitrogens is 2. The van der Waals surface area contributed by atoms with Gasteiger partial charge in [0.05, 0.1) is 41.9 Å². The molecule has 0 aliphatic rings. The maximum absolute atomic E-state index is 9.63. The molecule has 2 heterocycles. The first-order valence-electron chi connectivity index (χ1n) is 7.82. The summed E-state index contributed by atoms with van der Waals surface area (Å²) in [6, 6.07) is 7.68. The van der Waals surface area contributed by atoms with Gasteiger partial charge < -0.3 is 14.6 Å². The lowest BCUT2D eigenvalue weighted by atomic mass is 9.99. The highest BCUT2D eigenvalue weighted by molar-refractivity contribution is 7.99. The zero-order chi connectivity index (χ0) is 18.9. The van der Waals surface area contributed by atoms with Crippen LogP contribution in [0.2, 0.25) is 0 Å². The van der Waals surface area contributed by atoms with Gasteiger partial charge in [-0.25, -0.2) is 4.98 Å². The minimum atomic E-state index is -0.0304. The number of aliphatic hydroxyl groups excluding tert-OH is 1. The predicted octanol–water partition coefficient (Wildman–Crippen LogP) is 2.30. The molecule has 0 amide bonds. The van der Waals surface area contributed by atoms with Gasteiger partial charge >= 0.3 is 0 Å². The highest BCUT2D eigenvalue weighted by Crippen LogP contribution is 2.33. The number of nitrogens with zero attached hydrogens (tertiary/aromatic N) is 4. The van der Waals surface area contributed by atoms with E-state index in [1.54, 1.807) is 32.4 Å². The van der Waals surface area contributed by atoms with Gasteiger partial charge in [-0.05, 0) is 19.1 Å². The van der Waals surface area contributed by atoms with E-state index in [2.05, 4.69) is 22.1 Å². The molecule has 1 N–H and O–H groups in total. The van der Waals surface area contributed by atoms with Crippen molar-refractivity contribution in [1.82, 2.24) is 9.97 Å². The normalized spacial score (nSPS) is 10.2. The van der Waals surface area contributed by atoms with Crippen LogP contribution in [-0.2, 0) is 4.74 Å². The highest BCUT2D eigenvalue weighted by Gasteiger charge is 2.20. The van der Waals surface area contributed by atoms with Gasteiger partial charge in [-0.3, -0.25) is 4.98 Å². The Kier molecular flexibility index (Phi) is 7.37. The molecule has 0 aliphatic carbocycles. The number of aliphatic hydroxyl groups is 1. The summed E-state index contributed by atoms with van der Waals surface area (Å²) in [5, 5.41) is 28.7. The summed E-state index contributed by atoms with van der Waals surface area (Å²) in [5.41, 5.74) is 2.06. The van der Waals surface area contributed by atoms with Crippen LogP contribution in [0.3, 0.4) is 0 Å². The van der Waals surface area contributed by atoms with Crippen molar-refractivity contribution in [3.05, 3.63) is 35.2 Å². The second-order valence-electron chi connectivity index (χ2n) is 5.14. The SMILES string of the molecule is COCCOc1ccc(-c2c(C#N)c(C)nc(SCCO)c2C#N)nc1. The summed E-state index contributed by atoms with van der Waals surface area (Å²) in [7, 11) is 1.59. The van der Waals surface area contributed by atoms with Crippen molar-refractivity contribution in [3.63, 3.8) is 0 Å². The van der Waals surface area contributed by atoms with E-state index in [4.69, 9.17) is 14.6 Å². The minimum Gasteiger partial charge on any atom is -0.490 e. The summed E-state index contributed by atoms with van der Waals surface area (Å²) in [6.07, 6.45) is 1.55. The maximum atomic E-state index is 9.63. The molecule has 134 valence electrons. The Bertz CT molecular complexity index is 841. The molecule has 0 saturated carbocycles. The molecule has 0 aromatic carbocycles. The van der Waals surface area contributed by atoms with Crippen LogP contribution in [0.15, 0.2) is 23.4 Å². The molecule has 26 heavy (non-hydrogen) atoms. The van der Waals surface area contributed by atoms with E-state index in [9.17, 15) is 10.5 Å². The summed E-state index contributed by atoms with van der Waals surface area (Å²) in [5.74, 6) is 0.982. The van der Waals surface area contributed by atoms with E-state index >= 15 is 0 Å². The van der Waals surface area contributed by atoms with E-state index in [1.807, 2.05) is 0 Å².